The van der Waals surface area contributed by atoms with Crippen molar-refractivity contribution in [3.8, 4) is 22.9 Å². The summed E-state index contributed by atoms with van der Waals surface area (Å²) in [6, 6.07) is 14.6. The summed E-state index contributed by atoms with van der Waals surface area (Å²) in [4.78, 5) is 24.5. The van der Waals surface area contributed by atoms with Gasteiger partial charge in [-0.1, -0.05) is 24.3 Å². The highest BCUT2D eigenvalue weighted by molar-refractivity contribution is 5.92. The molecule has 4 rings (SSSR count). The van der Waals surface area contributed by atoms with Crippen molar-refractivity contribution in [3.63, 3.8) is 0 Å². The Labute approximate surface area is 172 Å². The highest BCUT2D eigenvalue weighted by atomic mass is 16.7. The molecule has 1 amide bonds. The average Bonchev–Trinajstić information content (AvgIpc) is 3.43. The van der Waals surface area contributed by atoms with E-state index in [-0.39, 0.29) is 24.8 Å². The first-order valence-corrected chi connectivity index (χ1v) is 9.15. The summed E-state index contributed by atoms with van der Waals surface area (Å²) in [5.41, 5.74) is 1.59. The lowest BCUT2D eigenvalue weighted by atomic mass is 10.2. The Morgan fingerprint density at radius 2 is 1.93 bits per heavy atom. The van der Waals surface area contributed by atoms with Gasteiger partial charge in [0.25, 0.3) is 5.91 Å². The number of benzene rings is 2. The van der Waals surface area contributed by atoms with E-state index in [9.17, 15) is 9.59 Å². The van der Waals surface area contributed by atoms with Crippen LogP contribution in [0.4, 0.5) is 0 Å². The van der Waals surface area contributed by atoms with E-state index in [2.05, 4.69) is 10.4 Å². The van der Waals surface area contributed by atoms with Crippen molar-refractivity contribution in [2.45, 2.75) is 6.54 Å². The lowest BCUT2D eigenvalue weighted by molar-refractivity contribution is -0.124. The van der Waals surface area contributed by atoms with Gasteiger partial charge in [0.1, 0.15) is 0 Å². The van der Waals surface area contributed by atoms with Crippen LogP contribution in [-0.2, 0) is 16.1 Å². The fourth-order valence-corrected chi connectivity index (χ4v) is 2.86. The summed E-state index contributed by atoms with van der Waals surface area (Å²) in [5.74, 6) is 0.365. The van der Waals surface area contributed by atoms with Crippen molar-refractivity contribution < 1.29 is 28.5 Å². The molecule has 1 N–H and O–H groups in total. The molecule has 2 aromatic carbocycles. The number of hydrogen-bond acceptors (Lipinski definition) is 7. The van der Waals surface area contributed by atoms with Gasteiger partial charge in [0.05, 0.1) is 19.0 Å². The third kappa shape index (κ3) is 4.19. The van der Waals surface area contributed by atoms with Crippen LogP contribution < -0.4 is 19.5 Å². The molecule has 1 aromatic heterocycles. The topological polar surface area (TPSA) is 101 Å². The fraction of sp³-hybridized carbons (Fsp3) is 0.190. The Morgan fingerprint density at radius 3 is 2.73 bits per heavy atom. The maximum Gasteiger partial charge on any atom is 0.363 e. The number of aromatic nitrogens is 2. The second kappa shape index (κ2) is 8.56. The number of fused-ring (bicyclic) bond motifs is 1. The number of amides is 1. The Bertz CT molecular complexity index is 1060. The number of hydrogen-bond donors (Lipinski definition) is 1. The van der Waals surface area contributed by atoms with E-state index >= 15 is 0 Å². The van der Waals surface area contributed by atoms with Crippen LogP contribution in [0.5, 0.6) is 17.2 Å². The van der Waals surface area contributed by atoms with E-state index in [1.165, 1.54) is 11.8 Å². The van der Waals surface area contributed by atoms with Crippen molar-refractivity contribution in [2.24, 2.45) is 0 Å². The monoisotopic (exact) mass is 409 g/mol. The van der Waals surface area contributed by atoms with Crippen molar-refractivity contribution in [3.05, 3.63) is 66.0 Å². The number of methoxy groups -OCH3 is 1. The van der Waals surface area contributed by atoms with Crippen LogP contribution in [-0.4, -0.2) is 42.2 Å². The number of rotatable bonds is 7. The van der Waals surface area contributed by atoms with Gasteiger partial charge in [0.2, 0.25) is 12.5 Å². The van der Waals surface area contributed by atoms with E-state index in [1.54, 1.807) is 18.3 Å². The molecule has 0 saturated carbocycles. The zero-order chi connectivity index (χ0) is 20.9. The van der Waals surface area contributed by atoms with Crippen LogP contribution in [0.25, 0.3) is 5.69 Å². The number of para-hydroxylation sites is 1. The molecular weight excluding hydrogens is 390 g/mol. The number of esters is 1. The summed E-state index contributed by atoms with van der Waals surface area (Å²) in [7, 11) is 1.43. The van der Waals surface area contributed by atoms with Gasteiger partial charge < -0.3 is 24.3 Å². The molecule has 0 spiro atoms. The summed E-state index contributed by atoms with van der Waals surface area (Å²) in [6.45, 7) is 0.00824. The second-order valence-electron chi connectivity index (χ2n) is 6.37. The van der Waals surface area contributed by atoms with Gasteiger partial charge in [-0.2, -0.15) is 5.10 Å². The van der Waals surface area contributed by atoms with E-state index < -0.39 is 18.5 Å². The van der Waals surface area contributed by atoms with Crippen LogP contribution in [0.2, 0.25) is 0 Å². The minimum atomic E-state index is -0.750. The first-order chi connectivity index (χ1) is 14.6. The third-order valence-corrected chi connectivity index (χ3v) is 4.38. The smallest absolute Gasteiger partial charge is 0.363 e. The SMILES string of the molecule is COc1cn(-c2ccccc2)nc1C(=O)OCC(=O)NCc1ccc2c(c1)OCO2. The summed E-state index contributed by atoms with van der Waals surface area (Å²) in [5, 5.41) is 6.90. The van der Waals surface area contributed by atoms with E-state index in [4.69, 9.17) is 18.9 Å². The fourth-order valence-electron chi connectivity index (χ4n) is 2.86. The van der Waals surface area contributed by atoms with Crippen LogP contribution in [0.15, 0.2) is 54.7 Å². The van der Waals surface area contributed by atoms with Gasteiger partial charge in [0.15, 0.2) is 23.9 Å². The Kier molecular flexibility index (Phi) is 5.51. The minimum Gasteiger partial charge on any atom is -0.493 e. The molecule has 154 valence electrons. The van der Waals surface area contributed by atoms with Crippen molar-refractivity contribution in [1.29, 1.82) is 0 Å². The molecule has 9 nitrogen and oxygen atoms in total. The summed E-state index contributed by atoms with van der Waals surface area (Å²) in [6.07, 6.45) is 1.58. The van der Waals surface area contributed by atoms with Crippen LogP contribution >= 0.6 is 0 Å². The molecule has 0 radical (unpaired) electrons. The number of ether oxygens (including phenoxy) is 4. The van der Waals surface area contributed by atoms with Gasteiger partial charge in [-0.15, -0.1) is 0 Å². The molecular formula is C21H19N3O6. The van der Waals surface area contributed by atoms with Crippen LogP contribution in [0.1, 0.15) is 16.1 Å². The molecule has 0 bridgehead atoms. The van der Waals surface area contributed by atoms with E-state index in [1.807, 2.05) is 36.4 Å². The maximum absolute atomic E-state index is 12.4. The highest BCUT2D eigenvalue weighted by Crippen LogP contribution is 2.32. The summed E-state index contributed by atoms with van der Waals surface area (Å²) >= 11 is 0. The lowest BCUT2D eigenvalue weighted by Crippen LogP contribution is -2.28. The molecule has 2 heterocycles. The number of nitrogens with one attached hydrogen (secondary N) is 1. The molecule has 30 heavy (non-hydrogen) atoms. The quantitative estimate of drug-likeness (QED) is 0.596. The van der Waals surface area contributed by atoms with Crippen molar-refractivity contribution >= 4 is 11.9 Å². The molecule has 1 aliphatic rings. The molecule has 9 heteroatoms. The zero-order valence-electron chi connectivity index (χ0n) is 16.2. The Hall–Kier alpha value is -4.01. The van der Waals surface area contributed by atoms with Crippen LogP contribution in [0.3, 0.4) is 0 Å². The summed E-state index contributed by atoms with van der Waals surface area (Å²) < 4.78 is 22.4. The highest BCUT2D eigenvalue weighted by Gasteiger charge is 2.21. The standard InChI is InChI=1S/C21H19N3O6/c1-27-18-11-24(15-5-3-2-4-6-15)23-20(18)21(26)28-12-19(25)22-10-14-7-8-16-17(9-14)30-13-29-16/h2-9,11H,10,12-13H2,1H3,(H,22,25). The first kappa shape index (κ1) is 19.3. The Balaban J connectivity index is 1.33. The maximum atomic E-state index is 12.4. The van der Waals surface area contributed by atoms with Gasteiger partial charge in [-0.3, -0.25) is 4.79 Å². The molecule has 0 aliphatic carbocycles. The molecule has 0 saturated heterocycles. The van der Waals surface area contributed by atoms with Crippen molar-refractivity contribution in [2.75, 3.05) is 20.5 Å². The van der Waals surface area contributed by atoms with E-state index in [0.29, 0.717) is 11.5 Å². The second-order valence-corrected chi connectivity index (χ2v) is 6.37. The van der Waals surface area contributed by atoms with E-state index in [0.717, 1.165) is 11.3 Å². The first-order valence-electron chi connectivity index (χ1n) is 9.15. The Morgan fingerprint density at radius 1 is 1.13 bits per heavy atom. The van der Waals surface area contributed by atoms with Gasteiger partial charge in [-0.05, 0) is 29.8 Å². The number of carbonyl (C=O) groups excluding carboxylic acids is 2. The molecule has 0 fully saturated rings. The molecule has 3 aromatic rings. The van der Waals surface area contributed by atoms with Crippen LogP contribution in [0, 0.1) is 0 Å². The normalized spacial score (nSPS) is 11.8. The largest absolute Gasteiger partial charge is 0.493 e. The average molecular weight is 409 g/mol. The predicted molar refractivity (Wildman–Crippen MR) is 105 cm³/mol. The van der Waals surface area contributed by atoms with Gasteiger partial charge >= 0.3 is 5.97 Å². The molecule has 0 unspecified atom stereocenters. The van der Waals surface area contributed by atoms with Gasteiger partial charge in [0, 0.05) is 6.54 Å². The zero-order valence-corrected chi connectivity index (χ0v) is 16.2. The molecule has 1 aliphatic heterocycles. The predicted octanol–water partition coefficient (Wildman–Crippen LogP) is 2.08. The number of carbonyl (C=O) groups is 2. The van der Waals surface area contributed by atoms with Gasteiger partial charge in [-0.25, -0.2) is 9.48 Å². The number of nitrogens with zero attached hydrogens (tertiary/aromatic N) is 2. The minimum absolute atomic E-state index is 0.00933. The third-order valence-electron chi connectivity index (χ3n) is 4.38. The van der Waals surface area contributed by atoms with Crippen molar-refractivity contribution in [1.82, 2.24) is 15.1 Å². The molecule has 0 atom stereocenters. The lowest BCUT2D eigenvalue weighted by Gasteiger charge is -2.07.